The summed E-state index contributed by atoms with van der Waals surface area (Å²) in [5.41, 5.74) is 0.407. The Morgan fingerprint density at radius 2 is 1.71 bits per heavy atom. The van der Waals surface area contributed by atoms with Gasteiger partial charge in [0.05, 0.1) is 5.69 Å². The average molecular weight is 451 g/mol. The van der Waals surface area contributed by atoms with Gasteiger partial charge in [-0.25, -0.2) is 9.78 Å². The van der Waals surface area contributed by atoms with E-state index in [0.29, 0.717) is 56.5 Å². The molecular formula is C22H34N4O4S. The highest BCUT2D eigenvalue weighted by Crippen LogP contribution is 2.26. The minimum atomic E-state index is -0.494. The van der Waals surface area contributed by atoms with Gasteiger partial charge >= 0.3 is 6.09 Å². The van der Waals surface area contributed by atoms with Crippen molar-refractivity contribution in [2.75, 3.05) is 31.5 Å². The second kappa shape index (κ2) is 9.97. The van der Waals surface area contributed by atoms with Crippen LogP contribution in [0.15, 0.2) is 5.38 Å². The number of rotatable bonds is 4. The van der Waals surface area contributed by atoms with Gasteiger partial charge in [0.25, 0.3) is 0 Å². The number of aryl methyl sites for hydroxylation is 1. The van der Waals surface area contributed by atoms with Crippen molar-refractivity contribution in [1.82, 2.24) is 14.8 Å². The number of hydrogen-bond acceptors (Lipinski definition) is 6. The van der Waals surface area contributed by atoms with Gasteiger partial charge in [0.2, 0.25) is 11.8 Å². The topological polar surface area (TPSA) is 91.8 Å². The summed E-state index contributed by atoms with van der Waals surface area (Å²) in [5, 5.41) is 5.44. The van der Waals surface area contributed by atoms with Gasteiger partial charge in [0.15, 0.2) is 5.13 Å². The Bertz CT molecular complexity index is 788. The highest BCUT2D eigenvalue weighted by Gasteiger charge is 2.31. The first-order chi connectivity index (χ1) is 14.6. The minimum Gasteiger partial charge on any atom is -0.444 e. The molecule has 0 aromatic carbocycles. The first kappa shape index (κ1) is 23.5. The molecule has 0 aliphatic carbocycles. The van der Waals surface area contributed by atoms with E-state index in [9.17, 15) is 14.4 Å². The van der Waals surface area contributed by atoms with Crippen LogP contribution in [0.5, 0.6) is 0 Å². The molecule has 0 unspecified atom stereocenters. The summed E-state index contributed by atoms with van der Waals surface area (Å²) in [7, 11) is 0. The van der Waals surface area contributed by atoms with E-state index in [-0.39, 0.29) is 23.8 Å². The Morgan fingerprint density at radius 1 is 1.10 bits per heavy atom. The van der Waals surface area contributed by atoms with Crippen LogP contribution in [0.3, 0.4) is 0 Å². The first-order valence-electron chi connectivity index (χ1n) is 11.1. The number of thiazole rings is 1. The number of carbonyl (C=O) groups excluding carboxylic acids is 3. The molecule has 3 heterocycles. The lowest BCUT2D eigenvalue weighted by Crippen LogP contribution is -2.44. The molecule has 0 saturated carbocycles. The second-order valence-corrected chi connectivity index (χ2v) is 10.4. The maximum absolute atomic E-state index is 12.8. The normalized spacial score (nSPS) is 18.7. The molecule has 2 aliphatic heterocycles. The van der Waals surface area contributed by atoms with Crippen LogP contribution in [-0.4, -0.2) is 64.5 Å². The van der Waals surface area contributed by atoms with E-state index in [0.717, 1.165) is 18.5 Å². The zero-order valence-corrected chi connectivity index (χ0v) is 19.8. The van der Waals surface area contributed by atoms with E-state index in [1.54, 1.807) is 4.90 Å². The lowest BCUT2D eigenvalue weighted by Gasteiger charge is -2.35. The van der Waals surface area contributed by atoms with Crippen molar-refractivity contribution in [1.29, 1.82) is 0 Å². The van der Waals surface area contributed by atoms with Crippen LogP contribution >= 0.6 is 11.3 Å². The maximum Gasteiger partial charge on any atom is 0.410 e. The number of piperidine rings is 2. The van der Waals surface area contributed by atoms with Gasteiger partial charge in [-0.05, 0) is 59.3 Å². The van der Waals surface area contributed by atoms with E-state index in [2.05, 4.69) is 10.3 Å². The fraction of sp³-hybridized carbons (Fsp3) is 0.727. The number of likely N-dealkylation sites (tertiary alicyclic amines) is 2. The minimum absolute atomic E-state index is 0.00374. The van der Waals surface area contributed by atoms with Gasteiger partial charge in [0, 0.05) is 43.9 Å². The fourth-order valence-electron chi connectivity index (χ4n) is 4.03. The van der Waals surface area contributed by atoms with E-state index < -0.39 is 5.60 Å². The molecule has 1 aromatic heterocycles. The summed E-state index contributed by atoms with van der Waals surface area (Å²) in [4.78, 5) is 45.3. The molecule has 2 fully saturated rings. The van der Waals surface area contributed by atoms with Gasteiger partial charge in [-0.1, -0.05) is 0 Å². The number of carbonyl (C=O) groups is 3. The molecule has 3 rings (SSSR count). The molecule has 172 valence electrons. The number of anilines is 1. The highest BCUT2D eigenvalue weighted by molar-refractivity contribution is 7.13. The van der Waals surface area contributed by atoms with E-state index in [4.69, 9.17) is 4.74 Å². The van der Waals surface area contributed by atoms with Crippen molar-refractivity contribution in [2.45, 2.75) is 65.4 Å². The van der Waals surface area contributed by atoms with Gasteiger partial charge in [0.1, 0.15) is 5.60 Å². The van der Waals surface area contributed by atoms with Crippen LogP contribution in [0.2, 0.25) is 0 Å². The van der Waals surface area contributed by atoms with Gasteiger partial charge in [-0.15, -0.1) is 11.3 Å². The third kappa shape index (κ3) is 6.92. The lowest BCUT2D eigenvalue weighted by atomic mass is 9.91. The molecule has 2 aliphatic rings. The lowest BCUT2D eigenvalue weighted by molar-refractivity contribution is -0.135. The quantitative estimate of drug-likeness (QED) is 0.756. The van der Waals surface area contributed by atoms with E-state index >= 15 is 0 Å². The molecule has 0 atom stereocenters. The predicted molar refractivity (Wildman–Crippen MR) is 120 cm³/mol. The molecule has 2 saturated heterocycles. The number of nitrogens with one attached hydrogen (secondary N) is 1. The standard InChI is InChI=1S/C22H34N4O4S/c1-15-14-31-20(23-15)24-19(28)17-7-11-25(12-8-17)18(27)13-16-5-9-26(10-6-16)21(29)30-22(2,3)4/h14,16-17H,5-13H2,1-4H3,(H,23,24,28). The van der Waals surface area contributed by atoms with Crippen molar-refractivity contribution in [3.05, 3.63) is 11.1 Å². The third-order valence-electron chi connectivity index (χ3n) is 5.80. The zero-order valence-electron chi connectivity index (χ0n) is 19.0. The summed E-state index contributed by atoms with van der Waals surface area (Å²) >= 11 is 1.43. The van der Waals surface area contributed by atoms with Crippen LogP contribution in [0.25, 0.3) is 0 Å². The Morgan fingerprint density at radius 3 is 2.26 bits per heavy atom. The summed E-state index contributed by atoms with van der Waals surface area (Å²) in [5.74, 6) is 0.367. The monoisotopic (exact) mass is 450 g/mol. The Hall–Kier alpha value is -2.16. The first-order valence-corrected chi connectivity index (χ1v) is 12.0. The summed E-state index contributed by atoms with van der Waals surface area (Å²) in [6.07, 6.45) is 3.23. The number of aromatic nitrogens is 1. The van der Waals surface area contributed by atoms with Crippen LogP contribution in [0.1, 0.15) is 58.6 Å². The van der Waals surface area contributed by atoms with Crippen molar-refractivity contribution in [3.63, 3.8) is 0 Å². The molecule has 1 N–H and O–H groups in total. The molecule has 3 amide bonds. The number of ether oxygens (including phenoxy) is 1. The van der Waals surface area contributed by atoms with E-state index in [1.807, 2.05) is 38.0 Å². The van der Waals surface area contributed by atoms with Crippen molar-refractivity contribution in [3.8, 4) is 0 Å². The number of amides is 3. The Kier molecular flexibility index (Phi) is 7.56. The predicted octanol–water partition coefficient (Wildman–Crippen LogP) is 3.67. The molecular weight excluding hydrogens is 416 g/mol. The molecule has 8 nitrogen and oxygen atoms in total. The van der Waals surface area contributed by atoms with E-state index in [1.165, 1.54) is 11.3 Å². The smallest absolute Gasteiger partial charge is 0.410 e. The molecule has 0 spiro atoms. The van der Waals surface area contributed by atoms with Crippen LogP contribution in [0, 0.1) is 18.8 Å². The molecule has 0 radical (unpaired) electrons. The zero-order chi connectivity index (χ0) is 22.6. The van der Waals surface area contributed by atoms with Gasteiger partial charge < -0.3 is 19.9 Å². The van der Waals surface area contributed by atoms with Gasteiger partial charge in [-0.3, -0.25) is 9.59 Å². The average Bonchev–Trinajstić information content (AvgIpc) is 3.12. The molecule has 9 heteroatoms. The fourth-order valence-corrected chi connectivity index (χ4v) is 4.72. The van der Waals surface area contributed by atoms with Crippen molar-refractivity contribution < 1.29 is 19.1 Å². The highest BCUT2D eigenvalue weighted by atomic mass is 32.1. The molecule has 1 aromatic rings. The van der Waals surface area contributed by atoms with Crippen LogP contribution < -0.4 is 5.32 Å². The summed E-state index contributed by atoms with van der Waals surface area (Å²) < 4.78 is 5.43. The SMILES string of the molecule is Cc1csc(NC(=O)C2CCN(C(=O)CC3CCN(C(=O)OC(C)(C)C)CC3)CC2)n1. The van der Waals surface area contributed by atoms with Crippen molar-refractivity contribution in [2.24, 2.45) is 11.8 Å². The maximum atomic E-state index is 12.8. The van der Waals surface area contributed by atoms with Crippen LogP contribution in [0.4, 0.5) is 9.93 Å². The largest absolute Gasteiger partial charge is 0.444 e. The van der Waals surface area contributed by atoms with Crippen molar-refractivity contribution >= 4 is 34.4 Å². The third-order valence-corrected chi connectivity index (χ3v) is 6.67. The second-order valence-electron chi connectivity index (χ2n) is 9.55. The summed E-state index contributed by atoms with van der Waals surface area (Å²) in [6, 6.07) is 0. The van der Waals surface area contributed by atoms with Crippen LogP contribution in [-0.2, 0) is 14.3 Å². The summed E-state index contributed by atoms with van der Waals surface area (Å²) in [6.45, 7) is 9.98. The molecule has 31 heavy (non-hydrogen) atoms. The number of nitrogens with zero attached hydrogens (tertiary/aromatic N) is 3. The molecule has 0 bridgehead atoms. The Balaban J connectivity index is 1.37. The Labute approximate surface area is 188 Å². The van der Waals surface area contributed by atoms with Gasteiger partial charge in [-0.2, -0.15) is 0 Å². The number of hydrogen-bond donors (Lipinski definition) is 1.